The van der Waals surface area contributed by atoms with Crippen molar-refractivity contribution in [3.8, 4) is 0 Å². The summed E-state index contributed by atoms with van der Waals surface area (Å²) in [5, 5.41) is 10.7. The first-order valence-electron chi connectivity index (χ1n) is 6.33. The van der Waals surface area contributed by atoms with E-state index < -0.39 is 20.8 Å². The van der Waals surface area contributed by atoms with Gasteiger partial charge >= 0.3 is 0 Å². The summed E-state index contributed by atoms with van der Waals surface area (Å²) < 4.78 is 39.2. The maximum absolute atomic E-state index is 13.2. The smallest absolute Gasteiger partial charge is 0.269 e. The van der Waals surface area contributed by atoms with E-state index in [4.69, 9.17) is 11.6 Å². The van der Waals surface area contributed by atoms with E-state index in [-0.39, 0.29) is 21.3 Å². The third-order valence-corrected chi connectivity index (χ3v) is 5.37. The van der Waals surface area contributed by atoms with Gasteiger partial charge < -0.3 is 0 Å². The number of nitro benzene ring substituents is 1. The molecule has 0 aromatic heterocycles. The summed E-state index contributed by atoms with van der Waals surface area (Å²) in [6.07, 6.45) is 0. The highest BCUT2D eigenvalue weighted by Gasteiger charge is 2.25. The first kappa shape index (κ1) is 17.2. The fraction of sp³-hybridized carbons (Fsp3) is 0.143. The molecule has 0 spiro atoms. The van der Waals surface area contributed by atoms with Gasteiger partial charge in [-0.1, -0.05) is 17.7 Å². The van der Waals surface area contributed by atoms with Crippen molar-refractivity contribution in [1.29, 1.82) is 0 Å². The number of sulfonamides is 1. The molecule has 2 aromatic carbocycles. The molecule has 0 aliphatic carbocycles. The average molecular weight is 359 g/mol. The van der Waals surface area contributed by atoms with E-state index in [1.165, 1.54) is 32.2 Å². The van der Waals surface area contributed by atoms with Crippen LogP contribution in [0.15, 0.2) is 41.3 Å². The Morgan fingerprint density at radius 1 is 1.22 bits per heavy atom. The molecule has 2 rings (SSSR count). The van der Waals surface area contributed by atoms with Crippen LogP contribution < -0.4 is 4.31 Å². The summed E-state index contributed by atoms with van der Waals surface area (Å²) >= 11 is 5.66. The molecule has 122 valence electrons. The Labute approximate surface area is 137 Å². The Balaban J connectivity index is 2.51. The van der Waals surface area contributed by atoms with Gasteiger partial charge in [0.05, 0.1) is 20.5 Å². The predicted molar refractivity (Wildman–Crippen MR) is 84.8 cm³/mol. The lowest BCUT2D eigenvalue weighted by atomic mass is 10.2. The number of hydrogen-bond donors (Lipinski definition) is 0. The molecule has 2 aromatic rings. The first-order valence-corrected chi connectivity index (χ1v) is 8.15. The Morgan fingerprint density at radius 2 is 1.87 bits per heavy atom. The summed E-state index contributed by atoms with van der Waals surface area (Å²) in [4.78, 5) is 10.1. The Bertz CT molecular complexity index is 886. The Morgan fingerprint density at radius 3 is 2.43 bits per heavy atom. The van der Waals surface area contributed by atoms with Gasteiger partial charge in [0.1, 0.15) is 5.82 Å². The third-order valence-electron chi connectivity index (χ3n) is 3.30. The molecular weight excluding hydrogens is 347 g/mol. The standard InChI is InChI=1S/C14H12ClFN2O4S/c1-9-3-5-11(8-14(9)18(19)20)23(21,22)17(2)10-4-6-13(16)12(15)7-10/h3-8H,1-2H3. The van der Waals surface area contributed by atoms with Crippen LogP contribution in [0, 0.1) is 22.9 Å². The molecular formula is C14H12ClFN2O4S. The highest BCUT2D eigenvalue weighted by Crippen LogP contribution is 2.28. The van der Waals surface area contributed by atoms with E-state index in [1.807, 2.05) is 0 Å². The lowest BCUT2D eigenvalue weighted by Gasteiger charge is -2.20. The molecule has 0 radical (unpaired) electrons. The molecule has 0 aliphatic rings. The first-order chi connectivity index (χ1) is 10.6. The second-order valence-electron chi connectivity index (χ2n) is 4.78. The number of hydrogen-bond acceptors (Lipinski definition) is 4. The zero-order valence-electron chi connectivity index (χ0n) is 12.2. The van der Waals surface area contributed by atoms with Crippen LogP contribution in [0.5, 0.6) is 0 Å². The normalized spacial score (nSPS) is 11.3. The summed E-state index contributed by atoms with van der Waals surface area (Å²) in [6.45, 7) is 1.51. The maximum Gasteiger partial charge on any atom is 0.273 e. The zero-order valence-corrected chi connectivity index (χ0v) is 13.7. The van der Waals surface area contributed by atoms with Crippen molar-refractivity contribution in [1.82, 2.24) is 0 Å². The van der Waals surface area contributed by atoms with Gasteiger partial charge in [-0.05, 0) is 31.2 Å². The minimum Gasteiger partial charge on any atom is -0.269 e. The fourth-order valence-corrected chi connectivity index (χ4v) is 3.31. The van der Waals surface area contributed by atoms with Crippen LogP contribution in [-0.4, -0.2) is 20.4 Å². The summed E-state index contributed by atoms with van der Waals surface area (Å²) in [7, 11) is -2.79. The number of nitro groups is 1. The minimum absolute atomic E-state index is 0.139. The molecule has 0 heterocycles. The number of nitrogens with zero attached hydrogens (tertiary/aromatic N) is 2. The fourth-order valence-electron chi connectivity index (χ4n) is 1.92. The number of aryl methyl sites for hydroxylation is 1. The van der Waals surface area contributed by atoms with E-state index >= 15 is 0 Å². The average Bonchev–Trinajstić information content (AvgIpc) is 2.49. The number of halogens is 2. The quantitative estimate of drug-likeness (QED) is 0.618. The third kappa shape index (κ3) is 3.27. The van der Waals surface area contributed by atoms with Crippen LogP contribution in [0.1, 0.15) is 5.56 Å². The molecule has 0 unspecified atom stereocenters. The number of rotatable bonds is 4. The van der Waals surface area contributed by atoms with E-state index in [9.17, 15) is 22.9 Å². The van der Waals surface area contributed by atoms with E-state index in [0.717, 1.165) is 22.5 Å². The van der Waals surface area contributed by atoms with Crippen molar-refractivity contribution < 1.29 is 17.7 Å². The van der Waals surface area contributed by atoms with E-state index in [1.54, 1.807) is 0 Å². The lowest BCUT2D eigenvalue weighted by molar-refractivity contribution is -0.385. The van der Waals surface area contributed by atoms with Gasteiger partial charge in [-0.2, -0.15) is 0 Å². The van der Waals surface area contributed by atoms with Gasteiger partial charge in [0.2, 0.25) is 0 Å². The topological polar surface area (TPSA) is 80.5 Å². The van der Waals surface area contributed by atoms with Crippen molar-refractivity contribution >= 4 is 33.0 Å². The van der Waals surface area contributed by atoms with Gasteiger partial charge in [0.15, 0.2) is 0 Å². The van der Waals surface area contributed by atoms with Crippen molar-refractivity contribution in [2.24, 2.45) is 0 Å². The summed E-state index contributed by atoms with van der Waals surface area (Å²) in [6, 6.07) is 7.09. The number of benzene rings is 2. The van der Waals surface area contributed by atoms with Crippen molar-refractivity contribution in [3.63, 3.8) is 0 Å². The highest BCUT2D eigenvalue weighted by atomic mass is 35.5. The molecule has 0 N–H and O–H groups in total. The minimum atomic E-state index is -4.05. The second-order valence-corrected chi connectivity index (χ2v) is 7.15. The van der Waals surface area contributed by atoms with Gasteiger partial charge in [0.25, 0.3) is 15.7 Å². The van der Waals surface area contributed by atoms with Crippen LogP contribution in [0.2, 0.25) is 5.02 Å². The predicted octanol–water partition coefficient (Wildman–Crippen LogP) is 3.52. The highest BCUT2D eigenvalue weighted by molar-refractivity contribution is 7.92. The Hall–Kier alpha value is -2.19. The van der Waals surface area contributed by atoms with Crippen molar-refractivity contribution in [3.05, 3.63) is 62.9 Å². The zero-order chi connectivity index (χ0) is 17.4. The molecule has 9 heteroatoms. The SMILES string of the molecule is Cc1ccc(S(=O)(=O)N(C)c2ccc(F)c(Cl)c2)cc1[N+](=O)[O-]. The Kier molecular flexibility index (Phi) is 4.58. The molecule has 0 bridgehead atoms. The molecule has 0 saturated carbocycles. The second kappa shape index (κ2) is 6.13. The molecule has 0 atom stereocenters. The monoisotopic (exact) mass is 358 g/mol. The van der Waals surface area contributed by atoms with Crippen LogP contribution in [0.25, 0.3) is 0 Å². The van der Waals surface area contributed by atoms with Crippen LogP contribution in [0.3, 0.4) is 0 Å². The maximum atomic E-state index is 13.2. The van der Waals surface area contributed by atoms with E-state index in [2.05, 4.69) is 0 Å². The lowest BCUT2D eigenvalue weighted by Crippen LogP contribution is -2.26. The van der Waals surface area contributed by atoms with Gasteiger partial charge in [0, 0.05) is 18.7 Å². The number of anilines is 1. The van der Waals surface area contributed by atoms with Gasteiger partial charge in [-0.15, -0.1) is 0 Å². The molecule has 0 aliphatic heterocycles. The van der Waals surface area contributed by atoms with Crippen molar-refractivity contribution in [2.45, 2.75) is 11.8 Å². The van der Waals surface area contributed by atoms with Crippen molar-refractivity contribution in [2.75, 3.05) is 11.4 Å². The van der Waals surface area contributed by atoms with Crippen LogP contribution in [0.4, 0.5) is 15.8 Å². The van der Waals surface area contributed by atoms with Crippen LogP contribution in [-0.2, 0) is 10.0 Å². The molecule has 0 saturated heterocycles. The molecule has 0 fully saturated rings. The molecule has 23 heavy (non-hydrogen) atoms. The molecule has 0 amide bonds. The van der Waals surface area contributed by atoms with Crippen LogP contribution >= 0.6 is 11.6 Å². The summed E-state index contributed by atoms with van der Waals surface area (Å²) in [5.74, 6) is -0.674. The van der Waals surface area contributed by atoms with Gasteiger partial charge in [-0.25, -0.2) is 12.8 Å². The largest absolute Gasteiger partial charge is 0.273 e. The summed E-state index contributed by atoms with van der Waals surface area (Å²) in [5.41, 5.74) is 0.192. The van der Waals surface area contributed by atoms with E-state index in [0.29, 0.717) is 5.56 Å². The van der Waals surface area contributed by atoms with Gasteiger partial charge in [-0.3, -0.25) is 14.4 Å². The molecule has 6 nitrogen and oxygen atoms in total.